The molecule has 7 nitrogen and oxygen atoms in total. The molecule has 0 saturated carbocycles. The molecular formula is C17H20N6O. The second kappa shape index (κ2) is 8.04. The molecule has 1 amide bonds. The van der Waals surface area contributed by atoms with Crippen LogP contribution in [0.25, 0.3) is 0 Å². The zero-order valence-corrected chi connectivity index (χ0v) is 14.0. The van der Waals surface area contributed by atoms with Crippen molar-refractivity contribution in [1.82, 2.24) is 14.9 Å². The summed E-state index contributed by atoms with van der Waals surface area (Å²) in [6.07, 6.45) is 0. The van der Waals surface area contributed by atoms with Crippen LogP contribution in [0.3, 0.4) is 0 Å². The topological polar surface area (TPSA) is 93.9 Å². The van der Waals surface area contributed by atoms with Gasteiger partial charge in [0.2, 0.25) is 5.95 Å². The Morgan fingerprint density at radius 2 is 2.04 bits per heavy atom. The van der Waals surface area contributed by atoms with E-state index < -0.39 is 0 Å². The van der Waals surface area contributed by atoms with E-state index in [2.05, 4.69) is 20.6 Å². The number of nitriles is 1. The van der Waals surface area contributed by atoms with Crippen molar-refractivity contribution < 1.29 is 4.79 Å². The summed E-state index contributed by atoms with van der Waals surface area (Å²) in [5, 5.41) is 14.9. The SMILES string of the molecule is Cc1cc(C(=O)Nc2ccccc2C#N)nc(NCCN(C)C)n1. The highest BCUT2D eigenvalue weighted by Crippen LogP contribution is 2.15. The van der Waals surface area contributed by atoms with E-state index in [9.17, 15) is 4.79 Å². The molecule has 24 heavy (non-hydrogen) atoms. The number of nitrogens with one attached hydrogen (secondary N) is 2. The van der Waals surface area contributed by atoms with Crippen LogP contribution >= 0.6 is 0 Å². The van der Waals surface area contributed by atoms with Crippen molar-refractivity contribution in [1.29, 1.82) is 5.26 Å². The molecule has 0 saturated heterocycles. The quantitative estimate of drug-likeness (QED) is 0.842. The van der Waals surface area contributed by atoms with Crippen LogP contribution in [-0.2, 0) is 0 Å². The number of nitrogens with zero attached hydrogens (tertiary/aromatic N) is 4. The smallest absolute Gasteiger partial charge is 0.274 e. The molecule has 1 aromatic carbocycles. The van der Waals surface area contributed by atoms with E-state index in [1.165, 1.54) is 0 Å². The van der Waals surface area contributed by atoms with Gasteiger partial charge in [0.15, 0.2) is 0 Å². The monoisotopic (exact) mass is 324 g/mol. The number of amides is 1. The lowest BCUT2D eigenvalue weighted by Crippen LogP contribution is -2.22. The molecule has 0 spiro atoms. The van der Waals surface area contributed by atoms with Gasteiger partial charge in [-0.2, -0.15) is 5.26 Å². The van der Waals surface area contributed by atoms with Gasteiger partial charge in [-0.15, -0.1) is 0 Å². The first-order valence-corrected chi connectivity index (χ1v) is 7.54. The highest BCUT2D eigenvalue weighted by molar-refractivity contribution is 6.03. The number of anilines is 2. The maximum Gasteiger partial charge on any atom is 0.274 e. The van der Waals surface area contributed by atoms with Crippen molar-refractivity contribution in [3.8, 4) is 6.07 Å². The summed E-state index contributed by atoms with van der Waals surface area (Å²) in [6.45, 7) is 3.31. The summed E-state index contributed by atoms with van der Waals surface area (Å²) in [5.74, 6) is 0.0365. The molecule has 0 fully saturated rings. The maximum absolute atomic E-state index is 12.4. The minimum absolute atomic E-state index is 0.252. The second-order valence-electron chi connectivity index (χ2n) is 5.56. The van der Waals surface area contributed by atoms with E-state index in [1.54, 1.807) is 37.3 Å². The van der Waals surface area contributed by atoms with Crippen molar-refractivity contribution >= 4 is 17.5 Å². The predicted octanol–water partition coefficient (Wildman–Crippen LogP) is 1.88. The van der Waals surface area contributed by atoms with Gasteiger partial charge in [-0.1, -0.05) is 12.1 Å². The number of rotatable bonds is 6. The molecule has 7 heteroatoms. The molecule has 1 heterocycles. The van der Waals surface area contributed by atoms with E-state index in [4.69, 9.17) is 5.26 Å². The largest absolute Gasteiger partial charge is 0.353 e. The molecule has 0 aliphatic heterocycles. The average Bonchev–Trinajstić information content (AvgIpc) is 2.54. The fourth-order valence-corrected chi connectivity index (χ4v) is 2.03. The third kappa shape index (κ3) is 4.76. The normalized spacial score (nSPS) is 10.3. The Balaban J connectivity index is 2.14. The third-order valence-corrected chi connectivity index (χ3v) is 3.22. The Bertz CT molecular complexity index is 766. The molecule has 0 aliphatic rings. The highest BCUT2D eigenvalue weighted by atomic mass is 16.1. The number of carbonyl (C=O) groups excluding carboxylic acids is 1. The molecule has 0 unspecified atom stereocenters. The number of aromatic nitrogens is 2. The summed E-state index contributed by atoms with van der Waals surface area (Å²) < 4.78 is 0. The minimum atomic E-state index is -0.376. The first-order chi connectivity index (χ1) is 11.5. The van der Waals surface area contributed by atoms with E-state index in [0.29, 0.717) is 29.4 Å². The van der Waals surface area contributed by atoms with Gasteiger partial charge in [-0.05, 0) is 39.2 Å². The molecule has 124 valence electrons. The Hall–Kier alpha value is -2.98. The molecular weight excluding hydrogens is 304 g/mol. The lowest BCUT2D eigenvalue weighted by molar-refractivity contribution is 0.102. The molecule has 0 radical (unpaired) electrons. The molecule has 0 bridgehead atoms. The molecule has 2 rings (SSSR count). The summed E-state index contributed by atoms with van der Waals surface area (Å²) in [7, 11) is 3.95. The summed E-state index contributed by atoms with van der Waals surface area (Å²) in [5.41, 5.74) is 1.81. The van der Waals surface area contributed by atoms with Gasteiger partial charge in [-0.3, -0.25) is 4.79 Å². The number of benzene rings is 1. The Morgan fingerprint density at radius 1 is 1.29 bits per heavy atom. The molecule has 2 N–H and O–H groups in total. The van der Waals surface area contributed by atoms with Crippen LogP contribution in [0.1, 0.15) is 21.7 Å². The zero-order valence-electron chi connectivity index (χ0n) is 14.0. The van der Waals surface area contributed by atoms with E-state index in [0.717, 1.165) is 6.54 Å². The van der Waals surface area contributed by atoms with Gasteiger partial charge in [0.25, 0.3) is 5.91 Å². The second-order valence-corrected chi connectivity index (χ2v) is 5.56. The lowest BCUT2D eigenvalue weighted by Gasteiger charge is -2.12. The fraction of sp³-hybridized carbons (Fsp3) is 0.294. The minimum Gasteiger partial charge on any atom is -0.353 e. The van der Waals surface area contributed by atoms with Gasteiger partial charge < -0.3 is 15.5 Å². The van der Waals surface area contributed by atoms with Crippen molar-refractivity contribution in [3.05, 3.63) is 47.3 Å². The molecule has 2 aromatic rings. The van der Waals surface area contributed by atoms with E-state index in [-0.39, 0.29) is 11.6 Å². The van der Waals surface area contributed by atoms with Crippen LogP contribution in [0, 0.1) is 18.3 Å². The Labute approximate surface area is 141 Å². The number of hydrogen-bond acceptors (Lipinski definition) is 6. The Kier molecular flexibility index (Phi) is 5.82. The van der Waals surface area contributed by atoms with Crippen LogP contribution < -0.4 is 10.6 Å². The van der Waals surface area contributed by atoms with Crippen LogP contribution in [0.4, 0.5) is 11.6 Å². The molecule has 0 aliphatic carbocycles. The summed E-state index contributed by atoms with van der Waals surface area (Å²) >= 11 is 0. The number of carbonyl (C=O) groups is 1. The number of likely N-dealkylation sites (N-methyl/N-ethyl adjacent to an activating group) is 1. The van der Waals surface area contributed by atoms with E-state index in [1.807, 2.05) is 25.1 Å². The summed E-state index contributed by atoms with van der Waals surface area (Å²) in [4.78, 5) is 23.0. The van der Waals surface area contributed by atoms with Crippen LogP contribution in [0.15, 0.2) is 30.3 Å². The number of hydrogen-bond donors (Lipinski definition) is 2. The van der Waals surface area contributed by atoms with Crippen LogP contribution in [0.2, 0.25) is 0 Å². The van der Waals surface area contributed by atoms with Crippen molar-refractivity contribution in [2.24, 2.45) is 0 Å². The zero-order chi connectivity index (χ0) is 17.5. The lowest BCUT2D eigenvalue weighted by atomic mass is 10.2. The van der Waals surface area contributed by atoms with Crippen LogP contribution in [-0.4, -0.2) is 48.0 Å². The highest BCUT2D eigenvalue weighted by Gasteiger charge is 2.12. The molecule has 0 atom stereocenters. The third-order valence-electron chi connectivity index (χ3n) is 3.22. The number of para-hydroxylation sites is 1. The maximum atomic E-state index is 12.4. The standard InChI is InChI=1S/C17H20N6O/c1-12-10-15(22-17(20-12)19-8-9-23(2)3)16(24)21-14-7-5-4-6-13(14)11-18/h4-7,10H,8-9H2,1-3H3,(H,21,24)(H,19,20,22). The fourth-order valence-electron chi connectivity index (χ4n) is 2.03. The first-order valence-electron chi connectivity index (χ1n) is 7.54. The van der Waals surface area contributed by atoms with Gasteiger partial charge in [0, 0.05) is 18.8 Å². The van der Waals surface area contributed by atoms with Crippen molar-refractivity contribution in [2.45, 2.75) is 6.92 Å². The van der Waals surface area contributed by atoms with Gasteiger partial charge in [-0.25, -0.2) is 9.97 Å². The van der Waals surface area contributed by atoms with Crippen molar-refractivity contribution in [3.63, 3.8) is 0 Å². The number of aryl methyl sites for hydroxylation is 1. The summed E-state index contributed by atoms with van der Waals surface area (Å²) in [6, 6.07) is 10.5. The van der Waals surface area contributed by atoms with E-state index >= 15 is 0 Å². The average molecular weight is 324 g/mol. The van der Waals surface area contributed by atoms with Crippen LogP contribution in [0.5, 0.6) is 0 Å². The first kappa shape index (κ1) is 17.4. The Morgan fingerprint density at radius 3 is 2.75 bits per heavy atom. The van der Waals surface area contributed by atoms with Gasteiger partial charge >= 0.3 is 0 Å². The van der Waals surface area contributed by atoms with Gasteiger partial charge in [0.05, 0.1) is 11.3 Å². The molecule has 1 aromatic heterocycles. The predicted molar refractivity (Wildman–Crippen MR) is 92.9 cm³/mol. The van der Waals surface area contributed by atoms with Crippen molar-refractivity contribution in [2.75, 3.05) is 37.8 Å². The van der Waals surface area contributed by atoms with Gasteiger partial charge in [0.1, 0.15) is 11.8 Å².